The number of hydrogen-bond donors (Lipinski definition) is 1. The van der Waals surface area contributed by atoms with Crippen molar-refractivity contribution < 1.29 is 12.9 Å². The zero-order valence-electron chi connectivity index (χ0n) is 14.3. The van der Waals surface area contributed by atoms with Gasteiger partial charge in [-0.25, -0.2) is 12.7 Å². The average Bonchev–Trinajstić information content (AvgIpc) is 2.97. The summed E-state index contributed by atoms with van der Waals surface area (Å²) in [5, 5.41) is 7.49. The van der Waals surface area contributed by atoms with E-state index in [0.717, 1.165) is 48.4 Å². The number of fused-ring (bicyclic) bond motifs is 1. The predicted molar refractivity (Wildman–Crippen MR) is 92.5 cm³/mol. The van der Waals surface area contributed by atoms with Crippen molar-refractivity contribution in [1.29, 1.82) is 0 Å². The highest BCUT2D eigenvalue weighted by atomic mass is 32.2. The molecule has 0 fully saturated rings. The lowest BCUT2D eigenvalue weighted by Gasteiger charge is -2.15. The average molecular weight is 349 g/mol. The van der Waals surface area contributed by atoms with Gasteiger partial charge in [0.05, 0.1) is 11.4 Å². The van der Waals surface area contributed by atoms with E-state index in [0.29, 0.717) is 6.54 Å². The van der Waals surface area contributed by atoms with E-state index in [1.807, 2.05) is 13.0 Å². The Morgan fingerprint density at radius 3 is 2.75 bits per heavy atom. The molecule has 0 unspecified atom stereocenters. The Morgan fingerprint density at radius 2 is 2.00 bits per heavy atom. The smallest absolute Gasteiger partial charge is 0.242 e. The second kappa shape index (κ2) is 6.57. The maximum absolute atomic E-state index is 12.3. The fraction of sp³-hybridized carbons (Fsp3) is 0.471. The van der Waals surface area contributed by atoms with E-state index in [-0.39, 0.29) is 4.90 Å². The number of aromatic nitrogens is 1. The molecule has 1 N–H and O–H groups in total. The molecular formula is C17H23N3O3S. The molecule has 3 rings (SSSR count). The molecule has 1 aliphatic rings. The molecular weight excluding hydrogens is 326 g/mol. The minimum atomic E-state index is -3.44. The van der Waals surface area contributed by atoms with E-state index in [4.69, 9.17) is 4.52 Å². The quantitative estimate of drug-likeness (QED) is 0.898. The summed E-state index contributed by atoms with van der Waals surface area (Å²) in [5.74, 6) is 0.999. The Labute approximate surface area is 142 Å². The first-order valence-electron chi connectivity index (χ1n) is 8.13. The number of nitrogens with zero attached hydrogens (tertiary/aromatic N) is 2. The standard InChI is InChI=1S/C17H23N3O3S/c1-12-8-9-13(24(21,22)20(2)3)10-15(12)18-11-16-14-6-4-5-7-17(14)23-19-16/h8-10,18H,4-7,11H2,1-3H3. The van der Waals surface area contributed by atoms with Crippen LogP contribution in [0.5, 0.6) is 0 Å². The molecule has 130 valence electrons. The van der Waals surface area contributed by atoms with E-state index < -0.39 is 10.0 Å². The molecule has 0 bridgehead atoms. The summed E-state index contributed by atoms with van der Waals surface area (Å²) in [5.41, 5.74) is 3.92. The highest BCUT2D eigenvalue weighted by Crippen LogP contribution is 2.26. The highest BCUT2D eigenvalue weighted by molar-refractivity contribution is 7.89. The van der Waals surface area contributed by atoms with Crippen LogP contribution in [0.4, 0.5) is 5.69 Å². The summed E-state index contributed by atoms with van der Waals surface area (Å²) in [7, 11) is -0.380. The molecule has 1 aromatic carbocycles. The van der Waals surface area contributed by atoms with Gasteiger partial charge in [-0.2, -0.15) is 0 Å². The molecule has 0 atom stereocenters. The van der Waals surface area contributed by atoms with Gasteiger partial charge < -0.3 is 9.84 Å². The van der Waals surface area contributed by atoms with Crippen LogP contribution >= 0.6 is 0 Å². The van der Waals surface area contributed by atoms with Crippen molar-refractivity contribution in [3.8, 4) is 0 Å². The van der Waals surface area contributed by atoms with Crippen LogP contribution in [0.2, 0.25) is 0 Å². The van der Waals surface area contributed by atoms with Crippen molar-refractivity contribution in [3.63, 3.8) is 0 Å². The lowest BCUT2D eigenvalue weighted by Crippen LogP contribution is -2.22. The number of sulfonamides is 1. The third-order valence-electron chi connectivity index (χ3n) is 4.47. The summed E-state index contributed by atoms with van der Waals surface area (Å²) in [4.78, 5) is 0.280. The molecule has 2 aromatic rings. The van der Waals surface area contributed by atoms with Gasteiger partial charge in [-0.15, -0.1) is 0 Å². The van der Waals surface area contributed by atoms with E-state index >= 15 is 0 Å². The second-order valence-corrected chi connectivity index (χ2v) is 8.51. The van der Waals surface area contributed by atoms with Gasteiger partial charge in [0.2, 0.25) is 10.0 Å². The molecule has 1 aromatic heterocycles. The topological polar surface area (TPSA) is 75.4 Å². The number of nitrogens with one attached hydrogen (secondary N) is 1. The largest absolute Gasteiger partial charge is 0.379 e. The normalized spacial score (nSPS) is 14.7. The summed E-state index contributed by atoms with van der Waals surface area (Å²) < 4.78 is 31.2. The summed E-state index contributed by atoms with van der Waals surface area (Å²) in [6, 6.07) is 5.13. The maximum Gasteiger partial charge on any atom is 0.242 e. The third kappa shape index (κ3) is 3.18. The molecule has 0 aliphatic heterocycles. The number of hydrogen-bond acceptors (Lipinski definition) is 5. The molecule has 0 radical (unpaired) electrons. The van der Waals surface area contributed by atoms with Gasteiger partial charge in [0.25, 0.3) is 0 Å². The first-order valence-corrected chi connectivity index (χ1v) is 9.57. The maximum atomic E-state index is 12.3. The fourth-order valence-corrected chi connectivity index (χ4v) is 3.86. The van der Waals surface area contributed by atoms with Gasteiger partial charge in [-0.05, 0) is 43.9 Å². The zero-order valence-corrected chi connectivity index (χ0v) is 15.1. The van der Waals surface area contributed by atoms with Gasteiger partial charge in [-0.1, -0.05) is 11.2 Å². The molecule has 24 heavy (non-hydrogen) atoms. The van der Waals surface area contributed by atoms with E-state index in [1.54, 1.807) is 12.1 Å². The van der Waals surface area contributed by atoms with E-state index in [2.05, 4.69) is 10.5 Å². The fourth-order valence-electron chi connectivity index (χ4n) is 2.93. The Morgan fingerprint density at radius 1 is 1.25 bits per heavy atom. The van der Waals surface area contributed by atoms with Crippen molar-refractivity contribution in [2.45, 2.75) is 44.0 Å². The Kier molecular flexibility index (Phi) is 4.64. The summed E-state index contributed by atoms with van der Waals surface area (Å²) in [6.45, 7) is 2.48. The van der Waals surface area contributed by atoms with Crippen molar-refractivity contribution in [2.75, 3.05) is 19.4 Å². The van der Waals surface area contributed by atoms with Gasteiger partial charge in [0.1, 0.15) is 11.5 Å². The zero-order chi connectivity index (χ0) is 17.3. The van der Waals surface area contributed by atoms with Gasteiger partial charge in [0.15, 0.2) is 0 Å². The summed E-state index contributed by atoms with van der Waals surface area (Å²) >= 11 is 0. The number of aryl methyl sites for hydroxylation is 2. The van der Waals surface area contributed by atoms with Gasteiger partial charge >= 0.3 is 0 Å². The monoisotopic (exact) mass is 349 g/mol. The highest BCUT2D eigenvalue weighted by Gasteiger charge is 2.20. The molecule has 0 spiro atoms. The van der Waals surface area contributed by atoms with E-state index in [1.165, 1.54) is 24.0 Å². The minimum absolute atomic E-state index is 0.280. The van der Waals surface area contributed by atoms with Crippen LogP contribution in [0, 0.1) is 6.92 Å². The predicted octanol–water partition coefficient (Wildman–Crippen LogP) is 2.72. The molecule has 1 aliphatic carbocycles. The second-order valence-electron chi connectivity index (χ2n) is 6.36. The third-order valence-corrected chi connectivity index (χ3v) is 6.28. The molecule has 0 amide bonds. The van der Waals surface area contributed by atoms with Gasteiger partial charge in [0, 0.05) is 31.8 Å². The van der Waals surface area contributed by atoms with Crippen LogP contribution < -0.4 is 5.32 Å². The van der Waals surface area contributed by atoms with Crippen LogP contribution in [0.3, 0.4) is 0 Å². The van der Waals surface area contributed by atoms with Crippen LogP contribution in [0.15, 0.2) is 27.6 Å². The Balaban J connectivity index is 1.82. The first kappa shape index (κ1) is 17.0. The van der Waals surface area contributed by atoms with E-state index in [9.17, 15) is 8.42 Å². The molecule has 1 heterocycles. The molecule has 7 heteroatoms. The first-order chi connectivity index (χ1) is 11.4. The lowest BCUT2D eigenvalue weighted by atomic mass is 9.96. The van der Waals surface area contributed by atoms with Crippen LogP contribution in [-0.4, -0.2) is 32.0 Å². The Bertz CT molecular complexity index is 841. The molecule has 0 saturated carbocycles. The Hall–Kier alpha value is -1.86. The lowest BCUT2D eigenvalue weighted by molar-refractivity contribution is 0.368. The number of anilines is 1. The van der Waals surface area contributed by atoms with Crippen molar-refractivity contribution >= 4 is 15.7 Å². The SMILES string of the molecule is Cc1ccc(S(=O)(=O)N(C)C)cc1NCc1noc2c1CCCC2. The van der Waals surface area contributed by atoms with Crippen LogP contribution in [-0.2, 0) is 29.4 Å². The molecule has 6 nitrogen and oxygen atoms in total. The van der Waals surface area contributed by atoms with Gasteiger partial charge in [-0.3, -0.25) is 0 Å². The van der Waals surface area contributed by atoms with Crippen molar-refractivity contribution in [1.82, 2.24) is 9.46 Å². The summed E-state index contributed by atoms with van der Waals surface area (Å²) in [6.07, 6.45) is 4.28. The van der Waals surface area contributed by atoms with Crippen molar-refractivity contribution in [2.24, 2.45) is 0 Å². The molecule has 0 saturated heterocycles. The van der Waals surface area contributed by atoms with Crippen molar-refractivity contribution in [3.05, 3.63) is 40.8 Å². The number of rotatable bonds is 5. The number of benzene rings is 1. The van der Waals surface area contributed by atoms with Crippen LogP contribution in [0.1, 0.15) is 35.4 Å². The minimum Gasteiger partial charge on any atom is -0.379 e. The van der Waals surface area contributed by atoms with Crippen LogP contribution in [0.25, 0.3) is 0 Å².